The number of thiocarbonyl (C=S) groups is 1. The summed E-state index contributed by atoms with van der Waals surface area (Å²) in [6.45, 7) is 0.853. The van der Waals surface area contributed by atoms with Crippen molar-refractivity contribution in [2.75, 3.05) is 20.8 Å². The van der Waals surface area contributed by atoms with Gasteiger partial charge in [0.15, 0.2) is 22.4 Å². The van der Waals surface area contributed by atoms with Crippen molar-refractivity contribution in [2.24, 2.45) is 5.73 Å². The highest BCUT2D eigenvalue weighted by atomic mass is 32.1. The van der Waals surface area contributed by atoms with Crippen molar-refractivity contribution < 1.29 is 14.3 Å². The lowest BCUT2D eigenvalue weighted by molar-refractivity contribution is -0.116. The smallest absolute Gasteiger partial charge is 0.182 e. The SMILES string of the molecule is COc1cc2c(cc1OC)[C@H]1C=C(NNC(N)=S)C3=C(CCCC3=O)N1CC2. The van der Waals surface area contributed by atoms with E-state index in [0.717, 1.165) is 54.1 Å². The van der Waals surface area contributed by atoms with Gasteiger partial charge in [0.1, 0.15) is 0 Å². The lowest BCUT2D eigenvalue weighted by atomic mass is 9.82. The Hall–Kier alpha value is -2.74. The summed E-state index contributed by atoms with van der Waals surface area (Å²) in [5.74, 6) is 1.59. The minimum absolute atomic E-state index is 0.00357. The van der Waals surface area contributed by atoms with Crippen LogP contribution in [0.1, 0.15) is 36.4 Å². The Morgan fingerprint density at radius 1 is 1.21 bits per heavy atom. The van der Waals surface area contributed by atoms with Crippen LogP contribution >= 0.6 is 12.2 Å². The average Bonchev–Trinajstić information content (AvgIpc) is 2.70. The number of benzene rings is 1. The molecule has 1 atom stereocenters. The molecule has 0 amide bonds. The number of nitrogens with zero attached hydrogens (tertiary/aromatic N) is 1. The molecule has 1 aromatic rings. The van der Waals surface area contributed by atoms with E-state index in [2.05, 4.69) is 27.9 Å². The number of nitrogens with one attached hydrogen (secondary N) is 2. The van der Waals surface area contributed by atoms with Crippen LogP contribution in [-0.4, -0.2) is 36.6 Å². The zero-order chi connectivity index (χ0) is 19.8. The maximum atomic E-state index is 12.7. The fourth-order valence-corrected chi connectivity index (χ4v) is 4.40. The van der Waals surface area contributed by atoms with Gasteiger partial charge in [0.25, 0.3) is 0 Å². The van der Waals surface area contributed by atoms with Crippen LogP contribution in [0.2, 0.25) is 0 Å². The van der Waals surface area contributed by atoms with Gasteiger partial charge in [-0.2, -0.15) is 0 Å². The number of methoxy groups -OCH3 is 2. The highest BCUT2D eigenvalue weighted by Gasteiger charge is 2.38. The monoisotopic (exact) mass is 400 g/mol. The minimum atomic E-state index is 0.00357. The first-order chi connectivity index (χ1) is 13.5. The summed E-state index contributed by atoms with van der Waals surface area (Å²) in [5, 5.41) is 0.129. The summed E-state index contributed by atoms with van der Waals surface area (Å²) in [4.78, 5) is 15.0. The maximum absolute atomic E-state index is 12.7. The molecule has 0 saturated heterocycles. The van der Waals surface area contributed by atoms with Gasteiger partial charge in [-0.1, -0.05) is 0 Å². The number of fused-ring (bicyclic) bond motifs is 4. The van der Waals surface area contributed by atoms with Gasteiger partial charge < -0.3 is 20.1 Å². The van der Waals surface area contributed by atoms with E-state index < -0.39 is 0 Å². The number of ether oxygens (including phenoxy) is 2. The summed E-state index contributed by atoms with van der Waals surface area (Å²) in [7, 11) is 3.29. The number of rotatable bonds is 4. The predicted molar refractivity (Wildman–Crippen MR) is 110 cm³/mol. The average molecular weight is 401 g/mol. The van der Waals surface area contributed by atoms with E-state index in [1.807, 2.05) is 6.07 Å². The third kappa shape index (κ3) is 3.07. The number of ketones is 1. The Balaban J connectivity index is 1.81. The Bertz CT molecular complexity index is 909. The van der Waals surface area contributed by atoms with Crippen molar-refractivity contribution in [1.82, 2.24) is 15.8 Å². The first kappa shape index (κ1) is 18.6. The van der Waals surface area contributed by atoms with Crippen LogP contribution in [0.4, 0.5) is 0 Å². The van der Waals surface area contributed by atoms with E-state index in [1.165, 1.54) is 5.56 Å². The molecule has 0 spiro atoms. The minimum Gasteiger partial charge on any atom is -0.493 e. The molecule has 1 aliphatic carbocycles. The van der Waals surface area contributed by atoms with Crippen LogP contribution in [0.5, 0.6) is 11.5 Å². The van der Waals surface area contributed by atoms with E-state index in [-0.39, 0.29) is 16.9 Å². The van der Waals surface area contributed by atoms with E-state index in [4.69, 9.17) is 27.4 Å². The van der Waals surface area contributed by atoms with E-state index in [1.54, 1.807) is 14.2 Å². The molecular weight excluding hydrogens is 376 g/mol. The van der Waals surface area contributed by atoms with E-state index >= 15 is 0 Å². The standard InChI is InChI=1S/C20H24N4O3S/c1-26-17-8-11-6-7-24-14-4-3-5-16(25)19(14)13(22-23-20(21)28)10-15(24)12(11)9-18(17)27-2/h8-10,15,22H,3-7H2,1-2H3,(H3,21,23,28)/t15-/m1/s1. The largest absolute Gasteiger partial charge is 0.493 e. The Kier molecular flexibility index (Phi) is 4.89. The van der Waals surface area contributed by atoms with Gasteiger partial charge in [0.2, 0.25) is 0 Å². The molecule has 148 valence electrons. The van der Waals surface area contributed by atoms with Crippen LogP contribution in [0, 0.1) is 0 Å². The van der Waals surface area contributed by atoms with E-state index in [0.29, 0.717) is 12.2 Å². The van der Waals surface area contributed by atoms with Crippen LogP contribution in [0.3, 0.4) is 0 Å². The number of carbonyl (C=O) groups excluding carboxylic acids is 1. The quantitative estimate of drug-likeness (QED) is 0.521. The molecule has 2 heterocycles. The van der Waals surface area contributed by atoms with Crippen LogP contribution < -0.4 is 26.1 Å². The predicted octanol–water partition coefficient (Wildman–Crippen LogP) is 1.85. The van der Waals surface area contributed by atoms with Crippen molar-refractivity contribution in [2.45, 2.75) is 31.7 Å². The molecule has 4 N–H and O–H groups in total. The second kappa shape index (κ2) is 7.35. The fourth-order valence-electron chi connectivity index (χ4n) is 4.35. The zero-order valence-corrected chi connectivity index (χ0v) is 16.8. The molecule has 2 aliphatic heterocycles. The van der Waals surface area contributed by atoms with Crippen molar-refractivity contribution in [3.63, 3.8) is 0 Å². The first-order valence-corrected chi connectivity index (χ1v) is 9.75. The molecule has 7 nitrogen and oxygen atoms in total. The Morgan fingerprint density at radius 2 is 1.96 bits per heavy atom. The Labute approximate surface area is 169 Å². The van der Waals surface area contributed by atoms with Gasteiger partial charge in [-0.05, 0) is 60.8 Å². The molecule has 1 aromatic carbocycles. The van der Waals surface area contributed by atoms with Gasteiger partial charge in [-0.15, -0.1) is 0 Å². The first-order valence-electron chi connectivity index (χ1n) is 9.35. The van der Waals surface area contributed by atoms with Crippen molar-refractivity contribution in [1.29, 1.82) is 0 Å². The van der Waals surface area contributed by atoms with Gasteiger partial charge in [0, 0.05) is 18.7 Å². The third-order valence-electron chi connectivity index (χ3n) is 5.57. The molecular formula is C20H24N4O3S. The van der Waals surface area contributed by atoms with Crippen LogP contribution in [0.15, 0.2) is 35.2 Å². The molecule has 0 bridgehead atoms. The Morgan fingerprint density at radius 3 is 2.68 bits per heavy atom. The lowest BCUT2D eigenvalue weighted by Gasteiger charge is -2.44. The lowest BCUT2D eigenvalue weighted by Crippen LogP contribution is -2.45. The maximum Gasteiger partial charge on any atom is 0.182 e. The summed E-state index contributed by atoms with van der Waals surface area (Å²) >= 11 is 4.91. The third-order valence-corrected chi connectivity index (χ3v) is 5.67. The van der Waals surface area contributed by atoms with Crippen molar-refractivity contribution in [3.05, 3.63) is 46.3 Å². The molecule has 0 fully saturated rings. The van der Waals surface area contributed by atoms with E-state index in [9.17, 15) is 4.79 Å². The molecule has 0 unspecified atom stereocenters. The van der Waals surface area contributed by atoms with Crippen LogP contribution in [0.25, 0.3) is 0 Å². The molecule has 3 aliphatic rings. The second-order valence-corrected chi connectivity index (χ2v) is 7.53. The van der Waals surface area contributed by atoms with Gasteiger partial charge in [-0.25, -0.2) is 0 Å². The number of hydrogen-bond donors (Lipinski definition) is 3. The molecule has 0 radical (unpaired) electrons. The number of nitrogens with two attached hydrogens (primary N) is 1. The number of carbonyl (C=O) groups is 1. The highest BCUT2D eigenvalue weighted by Crippen LogP contribution is 2.45. The van der Waals surface area contributed by atoms with Gasteiger partial charge >= 0.3 is 0 Å². The molecule has 0 saturated carbocycles. The number of hydrogen-bond acceptors (Lipinski definition) is 6. The molecule has 8 heteroatoms. The van der Waals surface area contributed by atoms with Gasteiger partial charge in [-0.3, -0.25) is 15.6 Å². The second-order valence-electron chi connectivity index (χ2n) is 7.09. The number of hydrazine groups is 1. The summed E-state index contributed by atoms with van der Waals surface area (Å²) in [5.41, 5.74) is 16.4. The fraction of sp³-hybridized carbons (Fsp3) is 0.400. The topological polar surface area (TPSA) is 88.9 Å². The highest BCUT2D eigenvalue weighted by molar-refractivity contribution is 7.80. The molecule has 4 rings (SSSR count). The van der Waals surface area contributed by atoms with Crippen molar-refractivity contribution in [3.8, 4) is 11.5 Å². The molecule has 28 heavy (non-hydrogen) atoms. The number of allylic oxidation sites excluding steroid dienone is 2. The summed E-state index contributed by atoms with van der Waals surface area (Å²) in [6, 6.07) is 4.09. The molecule has 0 aromatic heterocycles. The van der Waals surface area contributed by atoms with Gasteiger partial charge in [0.05, 0.1) is 31.5 Å². The summed E-state index contributed by atoms with van der Waals surface area (Å²) < 4.78 is 11.0. The summed E-state index contributed by atoms with van der Waals surface area (Å²) in [6.07, 6.45) is 5.27. The zero-order valence-electron chi connectivity index (χ0n) is 16.0. The normalized spacial score (nSPS) is 20.5. The van der Waals surface area contributed by atoms with Crippen molar-refractivity contribution >= 4 is 23.1 Å². The number of Topliss-reactive ketones (excluding diaryl/α,β-unsaturated/α-hetero) is 1. The van der Waals surface area contributed by atoms with Crippen LogP contribution in [-0.2, 0) is 11.2 Å².